The Balaban J connectivity index is 0. The van der Waals surface area contributed by atoms with Gasteiger partial charge in [-0.1, -0.05) is 130 Å². The molecule has 0 N–H and O–H groups in total. The van der Waals surface area contributed by atoms with Crippen molar-refractivity contribution in [3.8, 4) is 0 Å². The fraction of sp³-hybridized carbons (Fsp3) is 1.00. The maximum absolute atomic E-state index is 2.35. The van der Waals surface area contributed by atoms with E-state index in [1.165, 1.54) is 128 Å². The summed E-state index contributed by atoms with van der Waals surface area (Å²) >= 11 is 0. The number of hydrogen-bond acceptors (Lipinski definition) is 0. The van der Waals surface area contributed by atoms with Crippen LogP contribution in [0.15, 0.2) is 0 Å². The van der Waals surface area contributed by atoms with Gasteiger partial charge in [0.05, 0.1) is 24.6 Å². The van der Waals surface area contributed by atoms with Crippen molar-refractivity contribution in [2.24, 2.45) is 0 Å². The molecular formula is C32H68BrP. The van der Waals surface area contributed by atoms with Gasteiger partial charge < -0.3 is 17.0 Å². The molecule has 0 aromatic heterocycles. The van der Waals surface area contributed by atoms with Gasteiger partial charge in [0.1, 0.15) is 0 Å². The van der Waals surface area contributed by atoms with E-state index < -0.39 is 7.26 Å². The zero-order valence-corrected chi connectivity index (χ0v) is 27.1. The van der Waals surface area contributed by atoms with Crippen LogP contribution in [-0.2, 0) is 0 Å². The topological polar surface area (TPSA) is 0 Å². The number of halogens is 1. The third-order valence-corrected chi connectivity index (χ3v) is 13.0. The summed E-state index contributed by atoms with van der Waals surface area (Å²) in [5.41, 5.74) is 0. The van der Waals surface area contributed by atoms with Crippen LogP contribution in [0.4, 0.5) is 0 Å². The van der Waals surface area contributed by atoms with Crippen molar-refractivity contribution in [1.29, 1.82) is 0 Å². The first kappa shape index (κ1) is 37.1. The first-order valence-electron chi connectivity index (χ1n) is 16.1. The fourth-order valence-corrected chi connectivity index (χ4v) is 10.5. The highest BCUT2D eigenvalue weighted by molar-refractivity contribution is 7.75. The summed E-state index contributed by atoms with van der Waals surface area (Å²) in [6.45, 7) is 9.38. The van der Waals surface area contributed by atoms with Crippen molar-refractivity contribution >= 4 is 7.26 Å². The maximum Gasteiger partial charge on any atom is 0.0594 e. The average molecular weight is 564 g/mol. The summed E-state index contributed by atoms with van der Waals surface area (Å²) < 4.78 is 0. The average Bonchev–Trinajstić information content (AvgIpc) is 2.83. The van der Waals surface area contributed by atoms with Crippen LogP contribution in [0.3, 0.4) is 0 Å². The second-order valence-corrected chi connectivity index (χ2v) is 15.8. The van der Waals surface area contributed by atoms with Crippen LogP contribution in [0.2, 0.25) is 0 Å². The van der Waals surface area contributed by atoms with E-state index >= 15 is 0 Å². The first-order valence-corrected chi connectivity index (χ1v) is 18.6. The highest BCUT2D eigenvalue weighted by atomic mass is 79.9. The van der Waals surface area contributed by atoms with Crippen LogP contribution in [0, 0.1) is 0 Å². The SMILES string of the molecule is CCCCCCCC[P+](CCCCCCCC)(CCCCCCCC)CCCCCCCC.[Br-]. The van der Waals surface area contributed by atoms with Crippen molar-refractivity contribution in [2.45, 2.75) is 182 Å². The van der Waals surface area contributed by atoms with E-state index in [1.54, 1.807) is 50.3 Å². The summed E-state index contributed by atoms with van der Waals surface area (Å²) in [5.74, 6) is 0. The summed E-state index contributed by atoms with van der Waals surface area (Å²) in [7, 11) is -0.718. The normalized spacial score (nSPS) is 11.6. The lowest BCUT2D eigenvalue weighted by Crippen LogP contribution is -3.00. The van der Waals surface area contributed by atoms with E-state index in [2.05, 4.69) is 27.7 Å². The molecule has 0 aliphatic heterocycles. The third kappa shape index (κ3) is 24.6. The fourth-order valence-electron chi connectivity index (χ4n) is 5.58. The Bertz CT molecular complexity index is 287. The Kier molecular flexibility index (Phi) is 32.9. The second kappa shape index (κ2) is 30.1. The van der Waals surface area contributed by atoms with Gasteiger partial charge in [-0.2, -0.15) is 0 Å². The minimum absolute atomic E-state index is 0. The summed E-state index contributed by atoms with van der Waals surface area (Å²) in [5, 5.41) is 0. The van der Waals surface area contributed by atoms with Crippen molar-refractivity contribution < 1.29 is 17.0 Å². The minimum Gasteiger partial charge on any atom is -1.00 e. The van der Waals surface area contributed by atoms with Crippen molar-refractivity contribution in [2.75, 3.05) is 24.6 Å². The lowest BCUT2D eigenvalue weighted by atomic mass is 10.1. The molecule has 0 aromatic rings. The molecule has 0 rings (SSSR count). The second-order valence-electron chi connectivity index (χ2n) is 11.3. The van der Waals surface area contributed by atoms with Crippen molar-refractivity contribution in [3.05, 3.63) is 0 Å². The zero-order chi connectivity index (χ0) is 24.3. The van der Waals surface area contributed by atoms with Crippen LogP contribution in [0.25, 0.3) is 0 Å². The molecule has 0 aliphatic rings. The highest BCUT2D eigenvalue weighted by Crippen LogP contribution is 2.61. The quantitative estimate of drug-likeness (QED) is 0.0657. The van der Waals surface area contributed by atoms with E-state index in [4.69, 9.17) is 0 Å². The molecule has 0 unspecified atom stereocenters. The highest BCUT2D eigenvalue weighted by Gasteiger charge is 2.34. The van der Waals surface area contributed by atoms with Gasteiger partial charge in [-0.15, -0.1) is 0 Å². The third-order valence-electron chi connectivity index (χ3n) is 7.94. The molecule has 0 saturated heterocycles. The molecule has 0 saturated carbocycles. The van der Waals surface area contributed by atoms with E-state index in [1.807, 2.05) is 0 Å². The predicted octanol–water partition coefficient (Wildman–Crippen LogP) is 9.45. The van der Waals surface area contributed by atoms with Crippen LogP contribution in [0.1, 0.15) is 182 Å². The molecule has 0 bridgehead atoms. The molecule has 0 aromatic carbocycles. The van der Waals surface area contributed by atoms with Gasteiger partial charge in [0.25, 0.3) is 0 Å². The van der Waals surface area contributed by atoms with E-state index in [0.717, 1.165) is 0 Å². The molecule has 208 valence electrons. The van der Waals surface area contributed by atoms with Gasteiger partial charge >= 0.3 is 0 Å². The maximum atomic E-state index is 2.35. The van der Waals surface area contributed by atoms with Gasteiger partial charge in [0.2, 0.25) is 0 Å². The van der Waals surface area contributed by atoms with Gasteiger partial charge in [0.15, 0.2) is 0 Å². The zero-order valence-electron chi connectivity index (χ0n) is 24.6. The van der Waals surface area contributed by atoms with Crippen LogP contribution in [-0.4, -0.2) is 24.6 Å². The standard InChI is InChI=1S/C32H68P.BrH/c1-5-9-13-17-21-25-29-33(30-26-22-18-14-10-6-2,31-27-23-19-15-11-7-3)32-28-24-20-16-12-8-4;/h5-32H2,1-4H3;1H/q+1;/p-1. The van der Waals surface area contributed by atoms with Gasteiger partial charge in [-0.05, 0) is 51.4 Å². The Morgan fingerprint density at radius 1 is 0.265 bits per heavy atom. The van der Waals surface area contributed by atoms with Crippen LogP contribution < -0.4 is 17.0 Å². The van der Waals surface area contributed by atoms with E-state index in [9.17, 15) is 0 Å². The summed E-state index contributed by atoms with van der Waals surface area (Å²) in [4.78, 5) is 0. The van der Waals surface area contributed by atoms with Crippen LogP contribution in [0.5, 0.6) is 0 Å². The molecule has 0 fully saturated rings. The number of hydrogen-bond donors (Lipinski definition) is 0. The molecular weight excluding hydrogens is 495 g/mol. The number of rotatable bonds is 28. The molecule has 0 aliphatic carbocycles. The smallest absolute Gasteiger partial charge is 0.0594 e. The first-order chi connectivity index (χ1) is 16.2. The summed E-state index contributed by atoms with van der Waals surface area (Å²) in [6.07, 6.45) is 42.1. The van der Waals surface area contributed by atoms with E-state index in [-0.39, 0.29) is 17.0 Å². The molecule has 0 nitrogen and oxygen atoms in total. The van der Waals surface area contributed by atoms with Gasteiger partial charge in [-0.3, -0.25) is 0 Å². The monoisotopic (exact) mass is 562 g/mol. The Labute approximate surface area is 230 Å². The molecule has 0 amide bonds. The largest absolute Gasteiger partial charge is 1.00 e. The number of unbranched alkanes of at least 4 members (excludes halogenated alkanes) is 20. The van der Waals surface area contributed by atoms with Crippen molar-refractivity contribution in [3.63, 3.8) is 0 Å². The lowest BCUT2D eigenvalue weighted by molar-refractivity contribution is -0.00000755. The molecule has 0 atom stereocenters. The lowest BCUT2D eigenvalue weighted by Gasteiger charge is -2.28. The molecule has 2 heteroatoms. The predicted molar refractivity (Wildman–Crippen MR) is 160 cm³/mol. The van der Waals surface area contributed by atoms with Gasteiger partial charge in [0, 0.05) is 7.26 Å². The minimum atomic E-state index is -0.718. The molecule has 34 heavy (non-hydrogen) atoms. The Morgan fingerprint density at radius 3 is 0.647 bits per heavy atom. The molecule has 0 radical (unpaired) electrons. The Hall–Kier alpha value is 0.910. The van der Waals surface area contributed by atoms with Gasteiger partial charge in [-0.25, -0.2) is 0 Å². The summed E-state index contributed by atoms with van der Waals surface area (Å²) in [6, 6.07) is 0. The Morgan fingerprint density at radius 2 is 0.441 bits per heavy atom. The molecule has 0 heterocycles. The van der Waals surface area contributed by atoms with Crippen LogP contribution >= 0.6 is 7.26 Å². The molecule has 0 spiro atoms. The van der Waals surface area contributed by atoms with Crippen molar-refractivity contribution in [1.82, 2.24) is 0 Å². The van der Waals surface area contributed by atoms with E-state index in [0.29, 0.717) is 0 Å².